The van der Waals surface area contributed by atoms with Gasteiger partial charge in [-0.2, -0.15) is 4.98 Å². The fraction of sp³-hybridized carbons (Fsp3) is 0.688. The molecule has 1 aliphatic rings. The standard InChI is InChI=1S/C16H27N3O/c1-4-9-20-16-13(17)6-8-15(19-16)18-14-7-5-11(2)10-12(14)3/h6,8,11-12,14H,4-5,7,9-10,17H2,1-3H3,(H,18,19). The quantitative estimate of drug-likeness (QED) is 0.861. The maximum Gasteiger partial charge on any atom is 0.239 e. The number of nitrogens with two attached hydrogens (primary N) is 1. The maximum absolute atomic E-state index is 5.89. The summed E-state index contributed by atoms with van der Waals surface area (Å²) >= 11 is 0. The number of rotatable bonds is 5. The molecular weight excluding hydrogens is 250 g/mol. The largest absolute Gasteiger partial charge is 0.476 e. The van der Waals surface area contributed by atoms with E-state index in [9.17, 15) is 0 Å². The maximum atomic E-state index is 5.89. The summed E-state index contributed by atoms with van der Waals surface area (Å²) in [7, 11) is 0. The van der Waals surface area contributed by atoms with Crippen molar-refractivity contribution in [2.75, 3.05) is 17.7 Å². The molecule has 0 radical (unpaired) electrons. The molecule has 20 heavy (non-hydrogen) atoms. The minimum absolute atomic E-state index is 0.501. The molecule has 1 aliphatic carbocycles. The van der Waals surface area contributed by atoms with E-state index >= 15 is 0 Å². The van der Waals surface area contributed by atoms with Crippen LogP contribution in [0.5, 0.6) is 5.88 Å². The molecule has 3 unspecified atom stereocenters. The van der Waals surface area contributed by atoms with Gasteiger partial charge in [0.15, 0.2) is 0 Å². The molecule has 0 aromatic carbocycles. The number of hydrogen-bond donors (Lipinski definition) is 2. The van der Waals surface area contributed by atoms with E-state index in [-0.39, 0.29) is 0 Å². The summed E-state index contributed by atoms with van der Waals surface area (Å²) in [6.45, 7) is 7.38. The van der Waals surface area contributed by atoms with Crippen LogP contribution >= 0.6 is 0 Å². The second kappa shape index (κ2) is 6.82. The molecule has 112 valence electrons. The first kappa shape index (κ1) is 14.9. The molecule has 1 heterocycles. The SMILES string of the molecule is CCCOc1nc(NC2CCC(C)CC2C)ccc1N. The summed E-state index contributed by atoms with van der Waals surface area (Å²) in [5.74, 6) is 2.94. The van der Waals surface area contributed by atoms with Gasteiger partial charge in [-0.05, 0) is 49.7 Å². The Kier molecular flexibility index (Phi) is 5.10. The smallest absolute Gasteiger partial charge is 0.239 e. The van der Waals surface area contributed by atoms with Gasteiger partial charge in [-0.3, -0.25) is 0 Å². The number of hydrogen-bond acceptors (Lipinski definition) is 4. The van der Waals surface area contributed by atoms with Crippen LogP contribution in [0.1, 0.15) is 46.5 Å². The zero-order valence-electron chi connectivity index (χ0n) is 12.9. The third-order valence-corrected chi connectivity index (χ3v) is 4.10. The lowest BCUT2D eigenvalue weighted by molar-refractivity contribution is 0.275. The van der Waals surface area contributed by atoms with Gasteiger partial charge in [-0.25, -0.2) is 0 Å². The van der Waals surface area contributed by atoms with Crippen molar-refractivity contribution >= 4 is 11.5 Å². The fourth-order valence-corrected chi connectivity index (χ4v) is 2.92. The van der Waals surface area contributed by atoms with Crippen molar-refractivity contribution in [1.82, 2.24) is 4.98 Å². The van der Waals surface area contributed by atoms with Crippen LogP contribution in [0.3, 0.4) is 0 Å². The van der Waals surface area contributed by atoms with Gasteiger partial charge in [0, 0.05) is 6.04 Å². The molecule has 4 nitrogen and oxygen atoms in total. The number of anilines is 2. The van der Waals surface area contributed by atoms with Crippen molar-refractivity contribution in [3.8, 4) is 5.88 Å². The van der Waals surface area contributed by atoms with Gasteiger partial charge in [-0.1, -0.05) is 20.8 Å². The van der Waals surface area contributed by atoms with Crippen LogP contribution in [0.2, 0.25) is 0 Å². The molecule has 0 bridgehead atoms. The normalized spacial score (nSPS) is 26.2. The van der Waals surface area contributed by atoms with Crippen molar-refractivity contribution in [3.05, 3.63) is 12.1 Å². The highest BCUT2D eigenvalue weighted by molar-refractivity contribution is 5.53. The van der Waals surface area contributed by atoms with Gasteiger partial charge in [0.25, 0.3) is 0 Å². The molecule has 0 aliphatic heterocycles. The van der Waals surface area contributed by atoms with Crippen LogP contribution in [0.15, 0.2) is 12.1 Å². The lowest BCUT2D eigenvalue weighted by Gasteiger charge is -2.33. The Hall–Kier alpha value is -1.45. The molecule has 1 fully saturated rings. The first-order chi connectivity index (χ1) is 9.60. The predicted octanol–water partition coefficient (Wildman–Crippen LogP) is 3.69. The van der Waals surface area contributed by atoms with E-state index in [1.807, 2.05) is 12.1 Å². The summed E-state index contributed by atoms with van der Waals surface area (Å²) in [6.07, 6.45) is 4.73. The molecule has 4 heteroatoms. The topological polar surface area (TPSA) is 60.2 Å². The monoisotopic (exact) mass is 277 g/mol. The van der Waals surface area contributed by atoms with Gasteiger partial charge < -0.3 is 15.8 Å². The van der Waals surface area contributed by atoms with Crippen molar-refractivity contribution in [2.45, 2.75) is 52.5 Å². The molecule has 0 amide bonds. The summed E-state index contributed by atoms with van der Waals surface area (Å²) < 4.78 is 5.58. The van der Waals surface area contributed by atoms with Crippen molar-refractivity contribution < 1.29 is 4.74 Å². The predicted molar refractivity (Wildman–Crippen MR) is 84.0 cm³/mol. The van der Waals surface area contributed by atoms with E-state index in [0.717, 1.165) is 18.2 Å². The number of nitrogen functional groups attached to an aromatic ring is 1. The first-order valence-electron chi connectivity index (χ1n) is 7.76. The molecule has 1 aromatic heterocycles. The van der Waals surface area contributed by atoms with E-state index in [1.54, 1.807) is 0 Å². The van der Waals surface area contributed by atoms with Gasteiger partial charge in [-0.15, -0.1) is 0 Å². The minimum Gasteiger partial charge on any atom is -0.476 e. The Morgan fingerprint density at radius 2 is 2.15 bits per heavy atom. The lowest BCUT2D eigenvalue weighted by atomic mass is 9.80. The average Bonchev–Trinajstić information content (AvgIpc) is 2.42. The van der Waals surface area contributed by atoms with Crippen LogP contribution in [0.25, 0.3) is 0 Å². The van der Waals surface area contributed by atoms with E-state index in [1.165, 1.54) is 19.3 Å². The second-order valence-corrected chi connectivity index (χ2v) is 6.09. The first-order valence-corrected chi connectivity index (χ1v) is 7.76. The van der Waals surface area contributed by atoms with Crippen molar-refractivity contribution in [3.63, 3.8) is 0 Å². The molecule has 2 rings (SSSR count). The van der Waals surface area contributed by atoms with Crippen molar-refractivity contribution in [2.24, 2.45) is 11.8 Å². The molecule has 3 N–H and O–H groups in total. The Morgan fingerprint density at radius 1 is 1.35 bits per heavy atom. The summed E-state index contributed by atoms with van der Waals surface area (Å²) in [6, 6.07) is 4.32. The molecule has 3 atom stereocenters. The van der Waals surface area contributed by atoms with Gasteiger partial charge >= 0.3 is 0 Å². The Bertz CT molecular complexity index is 436. The highest BCUT2D eigenvalue weighted by Crippen LogP contribution is 2.31. The van der Waals surface area contributed by atoms with Crippen LogP contribution in [-0.4, -0.2) is 17.6 Å². The molecule has 1 aromatic rings. The van der Waals surface area contributed by atoms with Crippen molar-refractivity contribution in [1.29, 1.82) is 0 Å². The molecule has 1 saturated carbocycles. The number of nitrogens with zero attached hydrogens (tertiary/aromatic N) is 1. The van der Waals surface area contributed by atoms with Gasteiger partial charge in [0.05, 0.1) is 12.3 Å². The van der Waals surface area contributed by atoms with Crippen LogP contribution < -0.4 is 15.8 Å². The summed E-state index contributed by atoms with van der Waals surface area (Å²) in [5, 5.41) is 3.55. The Labute approximate surface area is 122 Å². The Morgan fingerprint density at radius 3 is 2.85 bits per heavy atom. The third kappa shape index (κ3) is 3.78. The highest BCUT2D eigenvalue weighted by Gasteiger charge is 2.25. The van der Waals surface area contributed by atoms with Crippen LogP contribution in [0.4, 0.5) is 11.5 Å². The van der Waals surface area contributed by atoms with Crippen LogP contribution in [0, 0.1) is 11.8 Å². The zero-order valence-corrected chi connectivity index (χ0v) is 12.9. The average molecular weight is 277 g/mol. The zero-order chi connectivity index (χ0) is 14.5. The number of nitrogens with one attached hydrogen (secondary N) is 1. The van der Waals surface area contributed by atoms with E-state index in [4.69, 9.17) is 10.5 Å². The lowest BCUT2D eigenvalue weighted by Crippen LogP contribution is -2.33. The Balaban J connectivity index is 2.02. The fourth-order valence-electron chi connectivity index (χ4n) is 2.92. The number of aromatic nitrogens is 1. The van der Waals surface area contributed by atoms with Gasteiger partial charge in [0.2, 0.25) is 5.88 Å². The molecular formula is C16H27N3O. The molecule has 0 spiro atoms. The summed E-state index contributed by atoms with van der Waals surface area (Å²) in [5.41, 5.74) is 6.50. The van der Waals surface area contributed by atoms with Gasteiger partial charge in [0.1, 0.15) is 5.82 Å². The molecule has 0 saturated heterocycles. The minimum atomic E-state index is 0.501. The number of ether oxygens (including phenoxy) is 1. The van der Waals surface area contributed by atoms with E-state index in [2.05, 4.69) is 31.1 Å². The van der Waals surface area contributed by atoms with E-state index in [0.29, 0.717) is 30.1 Å². The van der Waals surface area contributed by atoms with E-state index < -0.39 is 0 Å². The van der Waals surface area contributed by atoms with Crippen LogP contribution in [-0.2, 0) is 0 Å². The number of pyridine rings is 1. The summed E-state index contributed by atoms with van der Waals surface area (Å²) in [4.78, 5) is 4.50. The second-order valence-electron chi connectivity index (χ2n) is 6.09. The third-order valence-electron chi connectivity index (χ3n) is 4.10. The highest BCUT2D eigenvalue weighted by atomic mass is 16.5.